The van der Waals surface area contributed by atoms with Gasteiger partial charge in [-0.15, -0.1) is 0 Å². The molecule has 0 aliphatic carbocycles. The summed E-state index contributed by atoms with van der Waals surface area (Å²) in [6, 6.07) is 15.0. The standard InChI is InChI=1S/C20H21BrN4O2/c1-24(2)11-18(14-6-4-3-5-7-14)23-19(26)12-25-13-22-17-9-8-15(21)10-16(17)20(25)27/h3-10,13,18H,11-12H2,1-2H3,(H,23,26). The van der Waals surface area contributed by atoms with Crippen molar-refractivity contribution < 1.29 is 4.79 Å². The maximum absolute atomic E-state index is 12.7. The molecule has 1 heterocycles. The van der Waals surface area contributed by atoms with Gasteiger partial charge in [0.25, 0.3) is 5.56 Å². The molecule has 1 atom stereocenters. The van der Waals surface area contributed by atoms with Gasteiger partial charge in [0.2, 0.25) is 5.91 Å². The van der Waals surface area contributed by atoms with E-state index in [4.69, 9.17) is 0 Å². The van der Waals surface area contributed by atoms with Crippen LogP contribution in [0.5, 0.6) is 0 Å². The fourth-order valence-corrected chi connectivity index (χ4v) is 3.28. The number of halogens is 1. The highest BCUT2D eigenvalue weighted by Gasteiger charge is 2.16. The van der Waals surface area contributed by atoms with Gasteiger partial charge in [-0.25, -0.2) is 4.98 Å². The fourth-order valence-electron chi connectivity index (χ4n) is 2.92. The Morgan fingerprint density at radius 3 is 2.67 bits per heavy atom. The van der Waals surface area contributed by atoms with E-state index >= 15 is 0 Å². The van der Waals surface area contributed by atoms with E-state index in [9.17, 15) is 9.59 Å². The predicted octanol–water partition coefficient (Wildman–Crippen LogP) is 2.58. The van der Waals surface area contributed by atoms with E-state index in [0.717, 1.165) is 10.0 Å². The number of carbonyl (C=O) groups is 1. The van der Waals surface area contributed by atoms with Crippen LogP contribution < -0.4 is 10.9 Å². The molecule has 0 aliphatic heterocycles. The summed E-state index contributed by atoms with van der Waals surface area (Å²) >= 11 is 3.36. The van der Waals surface area contributed by atoms with Crippen LogP contribution in [0.1, 0.15) is 11.6 Å². The van der Waals surface area contributed by atoms with Gasteiger partial charge in [-0.2, -0.15) is 0 Å². The molecule has 0 aliphatic rings. The van der Waals surface area contributed by atoms with Crippen LogP contribution in [-0.2, 0) is 11.3 Å². The summed E-state index contributed by atoms with van der Waals surface area (Å²) in [7, 11) is 3.91. The van der Waals surface area contributed by atoms with Crippen molar-refractivity contribution in [3.05, 3.63) is 75.2 Å². The normalized spacial score (nSPS) is 12.3. The molecule has 1 amide bonds. The Hall–Kier alpha value is -2.51. The molecule has 3 rings (SSSR count). The maximum Gasteiger partial charge on any atom is 0.261 e. The van der Waals surface area contributed by atoms with Crippen molar-refractivity contribution in [3.8, 4) is 0 Å². The second-order valence-electron chi connectivity index (χ2n) is 6.63. The number of amides is 1. The molecule has 6 nitrogen and oxygen atoms in total. The quantitative estimate of drug-likeness (QED) is 0.654. The van der Waals surface area contributed by atoms with Gasteiger partial charge < -0.3 is 10.2 Å². The lowest BCUT2D eigenvalue weighted by atomic mass is 10.1. The Labute approximate surface area is 166 Å². The number of aromatic nitrogens is 2. The lowest BCUT2D eigenvalue weighted by Gasteiger charge is -2.23. The molecule has 3 aromatic rings. The van der Waals surface area contributed by atoms with E-state index in [-0.39, 0.29) is 24.1 Å². The van der Waals surface area contributed by atoms with Crippen molar-refractivity contribution in [1.29, 1.82) is 0 Å². The molecular weight excluding hydrogens is 408 g/mol. The minimum atomic E-state index is -0.236. The third kappa shape index (κ3) is 4.81. The molecule has 0 radical (unpaired) electrons. The van der Waals surface area contributed by atoms with Crippen molar-refractivity contribution in [2.24, 2.45) is 0 Å². The maximum atomic E-state index is 12.7. The van der Waals surface area contributed by atoms with Crippen molar-refractivity contribution in [2.45, 2.75) is 12.6 Å². The largest absolute Gasteiger partial charge is 0.346 e. The third-order valence-electron chi connectivity index (χ3n) is 4.18. The van der Waals surface area contributed by atoms with Crippen LogP contribution in [0, 0.1) is 0 Å². The minimum absolute atomic E-state index is 0.0783. The molecule has 7 heteroatoms. The fraction of sp³-hybridized carbons (Fsp3) is 0.250. The number of hydrogen-bond acceptors (Lipinski definition) is 4. The number of nitrogens with one attached hydrogen (secondary N) is 1. The smallest absolute Gasteiger partial charge is 0.261 e. The highest BCUT2D eigenvalue weighted by Crippen LogP contribution is 2.15. The Morgan fingerprint density at radius 1 is 1.22 bits per heavy atom. The number of likely N-dealkylation sites (N-methyl/N-ethyl adjacent to an activating group) is 1. The highest BCUT2D eigenvalue weighted by atomic mass is 79.9. The van der Waals surface area contributed by atoms with Crippen molar-refractivity contribution in [2.75, 3.05) is 20.6 Å². The molecule has 1 unspecified atom stereocenters. The van der Waals surface area contributed by atoms with Crippen molar-refractivity contribution in [3.63, 3.8) is 0 Å². The Balaban J connectivity index is 1.81. The Bertz CT molecular complexity index is 1000. The topological polar surface area (TPSA) is 67.2 Å². The van der Waals surface area contributed by atoms with E-state index in [1.807, 2.05) is 55.4 Å². The average Bonchev–Trinajstić information content (AvgIpc) is 2.64. The summed E-state index contributed by atoms with van der Waals surface area (Å²) in [5, 5.41) is 3.50. The SMILES string of the molecule is CN(C)CC(NC(=O)Cn1cnc2ccc(Br)cc2c1=O)c1ccccc1. The molecule has 27 heavy (non-hydrogen) atoms. The summed E-state index contributed by atoms with van der Waals surface area (Å²) in [5.41, 5.74) is 1.39. The Kier molecular flexibility index (Phi) is 6.03. The first kappa shape index (κ1) is 19.3. The number of carbonyl (C=O) groups excluding carboxylic acids is 1. The number of fused-ring (bicyclic) bond motifs is 1. The summed E-state index contributed by atoms with van der Waals surface area (Å²) in [5.74, 6) is -0.232. The van der Waals surface area contributed by atoms with Crippen LogP contribution in [0.3, 0.4) is 0 Å². The summed E-state index contributed by atoms with van der Waals surface area (Å²) < 4.78 is 2.13. The van der Waals surface area contributed by atoms with Crippen LogP contribution in [0.25, 0.3) is 10.9 Å². The van der Waals surface area contributed by atoms with Gasteiger partial charge in [0, 0.05) is 11.0 Å². The van der Waals surface area contributed by atoms with E-state index < -0.39 is 0 Å². The zero-order valence-electron chi connectivity index (χ0n) is 15.2. The van der Waals surface area contributed by atoms with Gasteiger partial charge in [0.15, 0.2) is 0 Å². The Morgan fingerprint density at radius 2 is 1.96 bits per heavy atom. The molecule has 0 spiro atoms. The molecule has 0 saturated heterocycles. The monoisotopic (exact) mass is 428 g/mol. The van der Waals surface area contributed by atoms with Crippen LogP contribution >= 0.6 is 15.9 Å². The van der Waals surface area contributed by atoms with Crippen molar-refractivity contribution >= 4 is 32.7 Å². The first-order chi connectivity index (χ1) is 12.9. The molecule has 1 aromatic heterocycles. The molecule has 0 bridgehead atoms. The van der Waals surface area contributed by atoms with Gasteiger partial charge in [-0.3, -0.25) is 14.2 Å². The van der Waals surface area contributed by atoms with Gasteiger partial charge in [-0.1, -0.05) is 46.3 Å². The van der Waals surface area contributed by atoms with E-state index in [0.29, 0.717) is 17.4 Å². The zero-order chi connectivity index (χ0) is 19.4. The zero-order valence-corrected chi connectivity index (χ0v) is 16.8. The lowest BCUT2D eigenvalue weighted by molar-refractivity contribution is -0.122. The molecule has 0 saturated carbocycles. The average molecular weight is 429 g/mol. The van der Waals surface area contributed by atoms with Crippen LogP contribution in [0.2, 0.25) is 0 Å². The second-order valence-corrected chi connectivity index (χ2v) is 7.55. The molecule has 140 valence electrons. The second kappa shape index (κ2) is 8.45. The number of rotatable bonds is 6. The molecule has 2 aromatic carbocycles. The minimum Gasteiger partial charge on any atom is -0.346 e. The molecular formula is C20H21BrN4O2. The van der Waals surface area contributed by atoms with Gasteiger partial charge in [0.05, 0.1) is 23.3 Å². The van der Waals surface area contributed by atoms with Crippen LogP contribution in [0.15, 0.2) is 64.1 Å². The molecule has 0 fully saturated rings. The number of hydrogen-bond donors (Lipinski definition) is 1. The predicted molar refractivity (Wildman–Crippen MR) is 110 cm³/mol. The van der Waals surface area contributed by atoms with E-state index in [2.05, 4.69) is 26.2 Å². The summed E-state index contributed by atoms with van der Waals surface area (Å²) in [6.45, 7) is 0.582. The third-order valence-corrected chi connectivity index (χ3v) is 4.68. The first-order valence-electron chi connectivity index (χ1n) is 8.58. The molecule has 1 N–H and O–H groups in total. The lowest BCUT2D eigenvalue weighted by Crippen LogP contribution is -2.38. The van der Waals surface area contributed by atoms with E-state index in [1.165, 1.54) is 10.9 Å². The van der Waals surface area contributed by atoms with Crippen LogP contribution in [0.4, 0.5) is 0 Å². The van der Waals surface area contributed by atoms with Gasteiger partial charge >= 0.3 is 0 Å². The van der Waals surface area contributed by atoms with Crippen molar-refractivity contribution in [1.82, 2.24) is 19.8 Å². The number of benzene rings is 2. The van der Waals surface area contributed by atoms with Crippen LogP contribution in [-0.4, -0.2) is 41.0 Å². The van der Waals surface area contributed by atoms with E-state index in [1.54, 1.807) is 12.1 Å². The van der Waals surface area contributed by atoms with Gasteiger partial charge in [0.1, 0.15) is 6.54 Å². The first-order valence-corrected chi connectivity index (χ1v) is 9.37. The summed E-state index contributed by atoms with van der Waals surface area (Å²) in [4.78, 5) is 31.6. The van der Waals surface area contributed by atoms with Gasteiger partial charge in [-0.05, 0) is 37.9 Å². The highest BCUT2D eigenvalue weighted by molar-refractivity contribution is 9.10. The summed E-state index contributed by atoms with van der Waals surface area (Å²) in [6.07, 6.45) is 1.42. The number of nitrogens with zero attached hydrogens (tertiary/aromatic N) is 3.